The third-order valence-corrected chi connectivity index (χ3v) is 4.93. The number of piperidine rings is 1. The molecule has 0 spiro atoms. The normalized spacial score (nSPS) is 18.3. The van der Waals surface area contributed by atoms with Crippen molar-refractivity contribution in [2.24, 2.45) is 5.92 Å². The summed E-state index contributed by atoms with van der Waals surface area (Å²) in [6.45, 7) is 7.03. The SMILES string of the molecule is Cc1ccccc1CN1CCCC(C(=O)Nc2ccccc2C)C1. The Balaban J connectivity index is 1.62. The molecule has 0 aromatic heterocycles. The van der Waals surface area contributed by atoms with Crippen LogP contribution in [0.3, 0.4) is 0 Å². The lowest BCUT2D eigenvalue weighted by atomic mass is 9.96. The second-order valence-corrected chi connectivity index (χ2v) is 6.80. The van der Waals surface area contributed by atoms with E-state index in [0.29, 0.717) is 0 Å². The van der Waals surface area contributed by atoms with Crippen molar-refractivity contribution >= 4 is 11.6 Å². The highest BCUT2D eigenvalue weighted by Gasteiger charge is 2.26. The minimum Gasteiger partial charge on any atom is -0.326 e. The van der Waals surface area contributed by atoms with E-state index in [0.717, 1.165) is 43.7 Å². The average molecular weight is 322 g/mol. The lowest BCUT2D eigenvalue weighted by molar-refractivity contribution is -0.121. The summed E-state index contributed by atoms with van der Waals surface area (Å²) in [7, 11) is 0. The smallest absolute Gasteiger partial charge is 0.228 e. The number of para-hydroxylation sites is 1. The van der Waals surface area contributed by atoms with Gasteiger partial charge in [0, 0.05) is 18.8 Å². The maximum absolute atomic E-state index is 12.6. The van der Waals surface area contributed by atoms with Gasteiger partial charge in [0.05, 0.1) is 5.92 Å². The number of hydrogen-bond acceptors (Lipinski definition) is 2. The van der Waals surface area contributed by atoms with Gasteiger partial charge in [-0.05, 0) is 56.0 Å². The molecule has 0 aliphatic carbocycles. The molecule has 1 saturated heterocycles. The van der Waals surface area contributed by atoms with Crippen LogP contribution in [0, 0.1) is 19.8 Å². The molecule has 1 aliphatic rings. The summed E-state index contributed by atoms with van der Waals surface area (Å²) in [6, 6.07) is 16.5. The highest BCUT2D eigenvalue weighted by atomic mass is 16.1. The fraction of sp³-hybridized carbons (Fsp3) is 0.381. The van der Waals surface area contributed by atoms with Crippen molar-refractivity contribution in [2.45, 2.75) is 33.2 Å². The molecule has 3 heteroatoms. The number of nitrogens with one attached hydrogen (secondary N) is 1. The number of amides is 1. The number of benzene rings is 2. The Bertz CT molecular complexity index is 710. The van der Waals surface area contributed by atoms with Gasteiger partial charge in [0.15, 0.2) is 0 Å². The van der Waals surface area contributed by atoms with E-state index in [1.807, 2.05) is 31.2 Å². The number of rotatable bonds is 4. The average Bonchev–Trinajstić information content (AvgIpc) is 2.59. The van der Waals surface area contributed by atoms with E-state index in [1.165, 1.54) is 11.1 Å². The molecule has 1 aliphatic heterocycles. The second-order valence-electron chi connectivity index (χ2n) is 6.80. The maximum Gasteiger partial charge on any atom is 0.228 e. The van der Waals surface area contributed by atoms with Crippen LogP contribution in [-0.4, -0.2) is 23.9 Å². The van der Waals surface area contributed by atoms with E-state index >= 15 is 0 Å². The highest BCUT2D eigenvalue weighted by molar-refractivity contribution is 5.93. The van der Waals surface area contributed by atoms with Gasteiger partial charge in [0.1, 0.15) is 0 Å². The largest absolute Gasteiger partial charge is 0.326 e. The van der Waals surface area contributed by atoms with Gasteiger partial charge in [-0.3, -0.25) is 9.69 Å². The lowest BCUT2D eigenvalue weighted by Gasteiger charge is -2.32. The van der Waals surface area contributed by atoms with Crippen molar-refractivity contribution < 1.29 is 4.79 Å². The van der Waals surface area contributed by atoms with Crippen LogP contribution in [0.1, 0.15) is 29.5 Å². The number of anilines is 1. The molecule has 1 heterocycles. The molecule has 0 bridgehead atoms. The molecule has 0 radical (unpaired) electrons. The first kappa shape index (κ1) is 16.7. The number of hydrogen-bond donors (Lipinski definition) is 1. The molecule has 0 saturated carbocycles. The predicted molar refractivity (Wildman–Crippen MR) is 99.0 cm³/mol. The standard InChI is InChI=1S/C21H26N2O/c1-16-8-3-5-10-18(16)14-23-13-7-11-19(15-23)21(24)22-20-12-6-4-9-17(20)2/h3-6,8-10,12,19H,7,11,13-15H2,1-2H3,(H,22,24). The first-order valence-corrected chi connectivity index (χ1v) is 8.77. The molecule has 2 aromatic carbocycles. The Labute approximate surface area is 144 Å². The third kappa shape index (κ3) is 4.04. The Morgan fingerprint density at radius 3 is 2.54 bits per heavy atom. The summed E-state index contributed by atoms with van der Waals surface area (Å²) >= 11 is 0. The zero-order valence-corrected chi connectivity index (χ0v) is 14.6. The summed E-state index contributed by atoms with van der Waals surface area (Å²) < 4.78 is 0. The number of carbonyl (C=O) groups is 1. The van der Waals surface area contributed by atoms with Gasteiger partial charge in [-0.1, -0.05) is 42.5 Å². The Kier molecular flexibility index (Phi) is 5.31. The first-order chi connectivity index (χ1) is 11.6. The van der Waals surface area contributed by atoms with E-state index in [-0.39, 0.29) is 11.8 Å². The van der Waals surface area contributed by atoms with Crippen LogP contribution < -0.4 is 5.32 Å². The quantitative estimate of drug-likeness (QED) is 0.917. The molecule has 1 atom stereocenters. The monoisotopic (exact) mass is 322 g/mol. The van der Waals surface area contributed by atoms with E-state index in [4.69, 9.17) is 0 Å². The van der Waals surface area contributed by atoms with Crippen LogP contribution in [0.4, 0.5) is 5.69 Å². The molecule has 1 amide bonds. The summed E-state index contributed by atoms with van der Waals surface area (Å²) in [5.74, 6) is 0.223. The Morgan fingerprint density at radius 1 is 1.08 bits per heavy atom. The molecule has 1 N–H and O–H groups in total. The van der Waals surface area contributed by atoms with Crippen LogP contribution in [-0.2, 0) is 11.3 Å². The zero-order valence-electron chi connectivity index (χ0n) is 14.6. The topological polar surface area (TPSA) is 32.3 Å². The molecule has 126 valence electrons. The minimum atomic E-state index is 0.0716. The number of aryl methyl sites for hydroxylation is 2. The number of likely N-dealkylation sites (tertiary alicyclic amines) is 1. The minimum absolute atomic E-state index is 0.0716. The molecule has 24 heavy (non-hydrogen) atoms. The Hall–Kier alpha value is -2.13. The van der Waals surface area contributed by atoms with E-state index < -0.39 is 0 Å². The van der Waals surface area contributed by atoms with Crippen molar-refractivity contribution in [3.63, 3.8) is 0 Å². The van der Waals surface area contributed by atoms with Gasteiger partial charge >= 0.3 is 0 Å². The summed E-state index contributed by atoms with van der Waals surface area (Å²) in [5.41, 5.74) is 4.72. The molecule has 1 unspecified atom stereocenters. The summed E-state index contributed by atoms with van der Waals surface area (Å²) in [6.07, 6.45) is 2.06. The third-order valence-electron chi connectivity index (χ3n) is 4.93. The number of nitrogens with zero attached hydrogens (tertiary/aromatic N) is 1. The molecular weight excluding hydrogens is 296 g/mol. The van der Waals surface area contributed by atoms with Gasteiger partial charge in [-0.2, -0.15) is 0 Å². The molecular formula is C21H26N2O. The summed E-state index contributed by atoms with van der Waals surface area (Å²) in [5, 5.41) is 3.11. The molecule has 3 rings (SSSR count). The van der Waals surface area contributed by atoms with Gasteiger partial charge in [0.2, 0.25) is 5.91 Å². The van der Waals surface area contributed by atoms with E-state index in [9.17, 15) is 4.79 Å². The van der Waals surface area contributed by atoms with Crippen molar-refractivity contribution in [2.75, 3.05) is 18.4 Å². The molecule has 2 aromatic rings. The highest BCUT2D eigenvalue weighted by Crippen LogP contribution is 2.22. The van der Waals surface area contributed by atoms with E-state index in [1.54, 1.807) is 0 Å². The van der Waals surface area contributed by atoms with Crippen molar-refractivity contribution in [1.82, 2.24) is 4.90 Å². The fourth-order valence-electron chi connectivity index (χ4n) is 3.39. The predicted octanol–water partition coefficient (Wildman–Crippen LogP) is 4.15. The first-order valence-electron chi connectivity index (χ1n) is 8.77. The Morgan fingerprint density at radius 2 is 1.79 bits per heavy atom. The van der Waals surface area contributed by atoms with Gasteiger partial charge in [0.25, 0.3) is 0 Å². The van der Waals surface area contributed by atoms with Crippen molar-refractivity contribution in [1.29, 1.82) is 0 Å². The van der Waals surface area contributed by atoms with Crippen LogP contribution in [0.5, 0.6) is 0 Å². The van der Waals surface area contributed by atoms with Crippen LogP contribution in [0.2, 0.25) is 0 Å². The summed E-state index contributed by atoms with van der Waals surface area (Å²) in [4.78, 5) is 15.1. The van der Waals surface area contributed by atoms with E-state index in [2.05, 4.69) is 41.4 Å². The van der Waals surface area contributed by atoms with Crippen LogP contribution in [0.25, 0.3) is 0 Å². The second kappa shape index (κ2) is 7.63. The van der Waals surface area contributed by atoms with Gasteiger partial charge in [-0.25, -0.2) is 0 Å². The molecule has 3 nitrogen and oxygen atoms in total. The lowest BCUT2D eigenvalue weighted by Crippen LogP contribution is -2.40. The van der Waals surface area contributed by atoms with Gasteiger partial charge in [-0.15, -0.1) is 0 Å². The molecule has 1 fully saturated rings. The van der Waals surface area contributed by atoms with Crippen LogP contribution >= 0.6 is 0 Å². The van der Waals surface area contributed by atoms with Crippen molar-refractivity contribution in [3.8, 4) is 0 Å². The van der Waals surface area contributed by atoms with Gasteiger partial charge < -0.3 is 5.32 Å². The van der Waals surface area contributed by atoms with Crippen molar-refractivity contribution in [3.05, 3.63) is 65.2 Å². The number of carbonyl (C=O) groups excluding carboxylic acids is 1. The van der Waals surface area contributed by atoms with Crippen LogP contribution in [0.15, 0.2) is 48.5 Å². The fourth-order valence-corrected chi connectivity index (χ4v) is 3.39. The maximum atomic E-state index is 12.6. The zero-order chi connectivity index (χ0) is 16.9.